The van der Waals surface area contributed by atoms with Crippen LogP contribution in [0.1, 0.15) is 19.5 Å². The lowest BCUT2D eigenvalue weighted by atomic mass is 10.1. The van der Waals surface area contributed by atoms with E-state index in [9.17, 15) is 4.79 Å². The number of hydrogen-bond donors (Lipinski definition) is 1. The van der Waals surface area contributed by atoms with E-state index in [1.54, 1.807) is 0 Å². The van der Waals surface area contributed by atoms with Crippen LogP contribution in [0, 0.1) is 6.92 Å². The van der Waals surface area contributed by atoms with Crippen molar-refractivity contribution in [1.82, 2.24) is 29.7 Å². The summed E-state index contributed by atoms with van der Waals surface area (Å²) >= 11 is 0. The van der Waals surface area contributed by atoms with E-state index >= 15 is 0 Å². The zero-order chi connectivity index (χ0) is 21.1. The normalized spacial score (nSPS) is 18.8. The number of aromatic amines is 1. The maximum Gasteiger partial charge on any atom is 0.252 e. The second kappa shape index (κ2) is 9.09. The Morgan fingerprint density at radius 2 is 1.50 bits per heavy atom. The summed E-state index contributed by atoms with van der Waals surface area (Å²) in [4.78, 5) is 38.6. The van der Waals surface area contributed by atoms with Crippen LogP contribution in [0.4, 0.5) is 11.9 Å². The molecule has 0 bridgehead atoms. The van der Waals surface area contributed by atoms with Crippen molar-refractivity contribution in [3.63, 3.8) is 0 Å². The molecule has 0 spiro atoms. The Kier molecular flexibility index (Phi) is 6.29. The lowest BCUT2D eigenvalue weighted by Gasteiger charge is -2.34. The molecule has 0 saturated carbocycles. The van der Waals surface area contributed by atoms with E-state index in [0.29, 0.717) is 11.6 Å². The Labute approximate surface area is 177 Å². The van der Waals surface area contributed by atoms with E-state index in [4.69, 9.17) is 9.97 Å². The smallest absolute Gasteiger partial charge is 0.252 e. The molecule has 2 aromatic heterocycles. The zero-order valence-electron chi connectivity index (χ0n) is 18.3. The summed E-state index contributed by atoms with van der Waals surface area (Å²) in [5.41, 5.74) is 2.14. The van der Waals surface area contributed by atoms with Crippen LogP contribution in [0.15, 0.2) is 17.1 Å². The van der Waals surface area contributed by atoms with E-state index in [0.717, 1.165) is 82.7 Å². The summed E-state index contributed by atoms with van der Waals surface area (Å²) in [5, 5.41) is 0. The van der Waals surface area contributed by atoms with Crippen LogP contribution in [-0.2, 0) is 0 Å². The zero-order valence-corrected chi connectivity index (χ0v) is 18.3. The molecular formula is C21H32N8O. The molecule has 1 N–H and O–H groups in total. The fourth-order valence-corrected chi connectivity index (χ4v) is 4.13. The van der Waals surface area contributed by atoms with Gasteiger partial charge in [-0.25, -0.2) is 15.0 Å². The Bertz CT molecular complexity index is 913. The van der Waals surface area contributed by atoms with E-state index in [-0.39, 0.29) is 5.56 Å². The average Bonchev–Trinajstić information content (AvgIpc) is 2.78. The number of H-pyrrole nitrogens is 1. The number of nitrogens with zero attached hydrogens (tertiary/aromatic N) is 7. The van der Waals surface area contributed by atoms with Gasteiger partial charge in [0, 0.05) is 70.2 Å². The number of piperazine rings is 2. The van der Waals surface area contributed by atoms with Gasteiger partial charge in [-0.1, -0.05) is 13.8 Å². The monoisotopic (exact) mass is 412 g/mol. The first-order valence-electron chi connectivity index (χ1n) is 11.0. The molecule has 30 heavy (non-hydrogen) atoms. The van der Waals surface area contributed by atoms with Gasteiger partial charge in [-0.3, -0.25) is 9.78 Å². The Morgan fingerprint density at radius 3 is 2.07 bits per heavy atom. The van der Waals surface area contributed by atoms with E-state index < -0.39 is 0 Å². The summed E-state index contributed by atoms with van der Waals surface area (Å²) in [6, 6.07) is 1.54. The molecule has 0 aromatic carbocycles. The largest absolute Gasteiger partial charge is 0.340 e. The molecule has 0 atom stereocenters. The summed E-state index contributed by atoms with van der Waals surface area (Å²) in [5.74, 6) is 1.39. The second-order valence-corrected chi connectivity index (χ2v) is 7.97. The SMILES string of the molecule is CCN1CCN(c2ncc(-c3cc(=O)[nH]c(N4CCN(CC)CC4)n3)c(C)n2)CC1. The minimum absolute atomic E-state index is 0.146. The molecule has 4 rings (SSSR count). The molecule has 2 aromatic rings. The van der Waals surface area contributed by atoms with Crippen molar-refractivity contribution in [2.24, 2.45) is 0 Å². The van der Waals surface area contributed by atoms with Crippen molar-refractivity contribution >= 4 is 11.9 Å². The van der Waals surface area contributed by atoms with Crippen molar-refractivity contribution < 1.29 is 0 Å². The minimum Gasteiger partial charge on any atom is -0.340 e. The van der Waals surface area contributed by atoms with Crippen LogP contribution in [0.3, 0.4) is 0 Å². The van der Waals surface area contributed by atoms with Crippen LogP contribution in [0.25, 0.3) is 11.3 Å². The number of nitrogens with one attached hydrogen (secondary N) is 1. The van der Waals surface area contributed by atoms with Gasteiger partial charge in [0.15, 0.2) is 0 Å². The quantitative estimate of drug-likeness (QED) is 0.773. The summed E-state index contributed by atoms with van der Waals surface area (Å²) in [6.45, 7) is 16.1. The van der Waals surface area contributed by atoms with Gasteiger partial charge in [0.25, 0.3) is 5.56 Å². The summed E-state index contributed by atoms with van der Waals surface area (Å²) in [6.07, 6.45) is 1.81. The predicted octanol–water partition coefficient (Wildman–Crippen LogP) is 0.819. The standard InChI is InChI=1S/C21H32N8O/c1-4-26-6-10-28(11-7-26)20-22-15-17(16(3)23-20)18-14-19(30)25-21(24-18)29-12-8-27(5-2)9-13-29/h14-15H,4-13H2,1-3H3,(H,24,25,30). The third-order valence-electron chi connectivity index (χ3n) is 6.19. The molecule has 9 heteroatoms. The lowest BCUT2D eigenvalue weighted by molar-refractivity contribution is 0.270. The van der Waals surface area contributed by atoms with Gasteiger partial charge in [0.1, 0.15) is 0 Å². The molecular weight excluding hydrogens is 380 g/mol. The van der Waals surface area contributed by atoms with Crippen molar-refractivity contribution in [3.8, 4) is 11.3 Å². The second-order valence-electron chi connectivity index (χ2n) is 7.97. The van der Waals surface area contributed by atoms with Gasteiger partial charge in [0.2, 0.25) is 11.9 Å². The van der Waals surface area contributed by atoms with Gasteiger partial charge < -0.3 is 19.6 Å². The summed E-state index contributed by atoms with van der Waals surface area (Å²) < 4.78 is 0. The highest BCUT2D eigenvalue weighted by molar-refractivity contribution is 5.62. The fourth-order valence-electron chi connectivity index (χ4n) is 4.13. The van der Waals surface area contributed by atoms with Crippen LogP contribution >= 0.6 is 0 Å². The molecule has 2 fully saturated rings. The van der Waals surface area contributed by atoms with Gasteiger partial charge in [-0.05, 0) is 20.0 Å². The number of aryl methyl sites for hydroxylation is 1. The maximum atomic E-state index is 12.3. The first-order chi connectivity index (χ1) is 14.6. The lowest BCUT2D eigenvalue weighted by Crippen LogP contribution is -2.47. The Balaban J connectivity index is 1.54. The topological polar surface area (TPSA) is 84.5 Å². The third kappa shape index (κ3) is 4.46. The van der Waals surface area contributed by atoms with E-state index in [2.05, 4.69) is 43.4 Å². The molecule has 2 aliphatic rings. The molecule has 2 saturated heterocycles. The Morgan fingerprint density at radius 1 is 0.900 bits per heavy atom. The number of likely N-dealkylation sites (N-methyl/N-ethyl adjacent to an activating group) is 2. The van der Waals surface area contributed by atoms with Crippen molar-refractivity contribution in [3.05, 3.63) is 28.3 Å². The highest BCUT2D eigenvalue weighted by atomic mass is 16.1. The fraction of sp³-hybridized carbons (Fsp3) is 0.619. The molecule has 0 amide bonds. The summed E-state index contributed by atoms with van der Waals surface area (Å²) in [7, 11) is 0. The highest BCUT2D eigenvalue weighted by Crippen LogP contribution is 2.22. The van der Waals surface area contributed by atoms with Gasteiger partial charge in [0.05, 0.1) is 11.4 Å². The van der Waals surface area contributed by atoms with Crippen molar-refractivity contribution in [2.75, 3.05) is 75.2 Å². The van der Waals surface area contributed by atoms with Crippen LogP contribution in [0.5, 0.6) is 0 Å². The van der Waals surface area contributed by atoms with Gasteiger partial charge >= 0.3 is 0 Å². The molecule has 162 valence electrons. The predicted molar refractivity (Wildman–Crippen MR) is 119 cm³/mol. The Hall–Kier alpha value is -2.52. The molecule has 0 aliphatic carbocycles. The van der Waals surface area contributed by atoms with Gasteiger partial charge in [-0.15, -0.1) is 0 Å². The number of aromatic nitrogens is 4. The molecule has 9 nitrogen and oxygen atoms in total. The van der Waals surface area contributed by atoms with E-state index in [1.807, 2.05) is 13.1 Å². The van der Waals surface area contributed by atoms with Crippen molar-refractivity contribution in [1.29, 1.82) is 0 Å². The average molecular weight is 413 g/mol. The van der Waals surface area contributed by atoms with Crippen LogP contribution in [-0.4, -0.2) is 95.2 Å². The first kappa shape index (κ1) is 20.7. The minimum atomic E-state index is -0.146. The number of anilines is 2. The first-order valence-corrected chi connectivity index (χ1v) is 11.0. The highest BCUT2D eigenvalue weighted by Gasteiger charge is 2.21. The third-order valence-corrected chi connectivity index (χ3v) is 6.19. The molecule has 2 aliphatic heterocycles. The van der Waals surface area contributed by atoms with Gasteiger partial charge in [-0.2, -0.15) is 0 Å². The molecule has 0 unspecified atom stereocenters. The van der Waals surface area contributed by atoms with Crippen LogP contribution in [0.2, 0.25) is 0 Å². The number of rotatable bonds is 5. The van der Waals surface area contributed by atoms with E-state index in [1.165, 1.54) is 6.07 Å². The van der Waals surface area contributed by atoms with Crippen molar-refractivity contribution in [2.45, 2.75) is 20.8 Å². The van der Waals surface area contributed by atoms with Crippen LogP contribution < -0.4 is 15.4 Å². The number of hydrogen-bond acceptors (Lipinski definition) is 8. The molecule has 0 radical (unpaired) electrons. The maximum absolute atomic E-state index is 12.3. The molecule has 4 heterocycles.